The molecular weight excluding hydrogens is 196 g/mol. The molecule has 4 heteroatoms. The molecule has 0 aromatic heterocycles. The summed E-state index contributed by atoms with van der Waals surface area (Å²) in [6.07, 6.45) is 4.41. The van der Waals surface area contributed by atoms with Gasteiger partial charge in [-0.2, -0.15) is 5.26 Å². The Balaban J connectivity index is 2.45. The lowest BCUT2D eigenvalue weighted by Gasteiger charge is -2.16. The second kappa shape index (κ2) is 6.05. The summed E-state index contributed by atoms with van der Waals surface area (Å²) in [6, 6.07) is -0.0200. The number of ketones is 1. The fourth-order valence-corrected chi connectivity index (χ4v) is 2.13. The standard InChI is InChI=1S/C10H16N2OS/c1-8(14-7-11)10(13)9-5-3-2-4-6-12-9/h8-9,12H,2-6H2,1H3. The fraction of sp³-hybridized carbons (Fsp3) is 0.800. The van der Waals surface area contributed by atoms with E-state index in [1.54, 1.807) is 0 Å². The van der Waals surface area contributed by atoms with Gasteiger partial charge in [0.05, 0.1) is 11.3 Å². The molecule has 0 radical (unpaired) electrons. The summed E-state index contributed by atoms with van der Waals surface area (Å²) in [6.45, 7) is 2.74. The molecule has 1 aliphatic rings. The molecule has 0 aliphatic carbocycles. The maximum Gasteiger partial charge on any atom is 0.163 e. The van der Waals surface area contributed by atoms with Crippen molar-refractivity contribution in [2.45, 2.75) is 43.9 Å². The van der Waals surface area contributed by atoms with Crippen molar-refractivity contribution in [2.75, 3.05) is 6.54 Å². The van der Waals surface area contributed by atoms with Crippen LogP contribution in [0.5, 0.6) is 0 Å². The Morgan fingerprint density at radius 3 is 3.07 bits per heavy atom. The van der Waals surface area contributed by atoms with E-state index in [1.165, 1.54) is 6.42 Å². The van der Waals surface area contributed by atoms with Gasteiger partial charge in [-0.1, -0.05) is 12.8 Å². The van der Waals surface area contributed by atoms with Gasteiger partial charge in [-0.3, -0.25) is 4.79 Å². The zero-order valence-electron chi connectivity index (χ0n) is 8.45. The number of thioether (sulfide) groups is 1. The van der Waals surface area contributed by atoms with Crippen molar-refractivity contribution in [3.8, 4) is 5.40 Å². The first-order valence-corrected chi connectivity index (χ1v) is 5.95. The third-order valence-electron chi connectivity index (χ3n) is 2.53. The first kappa shape index (κ1) is 11.5. The van der Waals surface area contributed by atoms with Crippen LogP contribution in [0.4, 0.5) is 0 Å². The molecule has 1 saturated heterocycles. The first-order valence-electron chi connectivity index (χ1n) is 5.07. The van der Waals surface area contributed by atoms with Gasteiger partial charge in [-0.25, -0.2) is 0 Å². The van der Waals surface area contributed by atoms with Crippen molar-refractivity contribution in [1.82, 2.24) is 5.32 Å². The van der Waals surface area contributed by atoms with Crippen LogP contribution < -0.4 is 5.32 Å². The minimum absolute atomic E-state index is 0.0200. The molecule has 2 unspecified atom stereocenters. The van der Waals surface area contributed by atoms with Gasteiger partial charge in [0.2, 0.25) is 0 Å². The van der Waals surface area contributed by atoms with Crippen LogP contribution in [0.2, 0.25) is 0 Å². The average Bonchev–Trinajstić information content (AvgIpc) is 2.45. The summed E-state index contributed by atoms with van der Waals surface area (Å²) in [5, 5.41) is 13.5. The summed E-state index contributed by atoms with van der Waals surface area (Å²) >= 11 is 1.06. The summed E-state index contributed by atoms with van der Waals surface area (Å²) in [5.41, 5.74) is 0. The van der Waals surface area contributed by atoms with E-state index >= 15 is 0 Å². The molecule has 0 aromatic rings. The van der Waals surface area contributed by atoms with E-state index in [1.807, 2.05) is 12.3 Å². The summed E-state index contributed by atoms with van der Waals surface area (Å²) in [7, 11) is 0. The predicted octanol–water partition coefficient (Wildman–Crippen LogP) is 1.69. The van der Waals surface area contributed by atoms with Gasteiger partial charge >= 0.3 is 0 Å². The van der Waals surface area contributed by atoms with Gasteiger partial charge in [0.25, 0.3) is 0 Å². The number of nitrogens with one attached hydrogen (secondary N) is 1. The van der Waals surface area contributed by atoms with Crippen LogP contribution in [0.1, 0.15) is 32.6 Å². The summed E-state index contributed by atoms with van der Waals surface area (Å²) in [5.74, 6) is 0.179. The number of thiocyanates is 1. The second-order valence-electron chi connectivity index (χ2n) is 3.61. The van der Waals surface area contributed by atoms with Crippen LogP contribution in [0.25, 0.3) is 0 Å². The highest BCUT2D eigenvalue weighted by molar-refractivity contribution is 8.04. The molecule has 2 atom stereocenters. The summed E-state index contributed by atoms with van der Waals surface area (Å²) in [4.78, 5) is 11.8. The van der Waals surface area contributed by atoms with Crippen molar-refractivity contribution in [3.05, 3.63) is 0 Å². The first-order chi connectivity index (χ1) is 6.75. The molecule has 78 valence electrons. The average molecular weight is 212 g/mol. The Kier molecular flexibility index (Phi) is 4.99. The lowest BCUT2D eigenvalue weighted by atomic mass is 10.1. The SMILES string of the molecule is CC(SC#N)C(=O)C1CCCCCN1. The molecule has 0 spiro atoms. The maximum atomic E-state index is 11.8. The molecule has 14 heavy (non-hydrogen) atoms. The molecule has 0 amide bonds. The van der Waals surface area contributed by atoms with Gasteiger partial charge in [0, 0.05) is 0 Å². The van der Waals surface area contributed by atoms with Gasteiger partial charge in [0.15, 0.2) is 5.78 Å². The normalized spacial score (nSPS) is 24.7. The maximum absolute atomic E-state index is 11.8. The minimum Gasteiger partial charge on any atom is -0.307 e. The topological polar surface area (TPSA) is 52.9 Å². The molecule has 0 aromatic carbocycles. The Bertz CT molecular complexity index is 229. The molecule has 1 aliphatic heterocycles. The van der Waals surface area contributed by atoms with Crippen molar-refractivity contribution in [3.63, 3.8) is 0 Å². The van der Waals surface area contributed by atoms with E-state index in [4.69, 9.17) is 5.26 Å². The third kappa shape index (κ3) is 3.32. The number of carbonyl (C=O) groups excluding carboxylic acids is 1. The second-order valence-corrected chi connectivity index (χ2v) is 4.74. The largest absolute Gasteiger partial charge is 0.307 e. The van der Waals surface area contributed by atoms with Crippen LogP contribution in [0.15, 0.2) is 0 Å². The number of Topliss-reactive ketones (excluding diaryl/α,β-unsaturated/α-hetero) is 1. The molecule has 1 N–H and O–H groups in total. The smallest absolute Gasteiger partial charge is 0.163 e. The highest BCUT2D eigenvalue weighted by Gasteiger charge is 2.24. The van der Waals surface area contributed by atoms with Gasteiger partial charge < -0.3 is 5.32 Å². The Hall–Kier alpha value is -0.530. The summed E-state index contributed by atoms with van der Waals surface area (Å²) < 4.78 is 0. The van der Waals surface area contributed by atoms with Gasteiger partial charge in [0.1, 0.15) is 5.40 Å². The van der Waals surface area contributed by atoms with Gasteiger partial charge in [-0.05, 0) is 38.1 Å². The van der Waals surface area contributed by atoms with E-state index in [2.05, 4.69) is 5.32 Å². The van der Waals surface area contributed by atoms with E-state index in [0.29, 0.717) is 0 Å². The number of hydrogen-bond acceptors (Lipinski definition) is 4. The van der Waals surface area contributed by atoms with E-state index < -0.39 is 0 Å². The van der Waals surface area contributed by atoms with Crippen molar-refractivity contribution in [1.29, 1.82) is 5.26 Å². The van der Waals surface area contributed by atoms with E-state index in [0.717, 1.165) is 37.6 Å². The van der Waals surface area contributed by atoms with Crippen molar-refractivity contribution in [2.24, 2.45) is 0 Å². The Labute approximate surface area is 89.2 Å². The molecule has 1 rings (SSSR count). The van der Waals surface area contributed by atoms with Crippen LogP contribution in [0.3, 0.4) is 0 Å². The highest BCUT2D eigenvalue weighted by Crippen LogP contribution is 2.16. The number of nitrogens with zero attached hydrogens (tertiary/aromatic N) is 1. The van der Waals surface area contributed by atoms with Crippen LogP contribution in [-0.4, -0.2) is 23.6 Å². The predicted molar refractivity (Wildman–Crippen MR) is 57.9 cm³/mol. The molecule has 3 nitrogen and oxygen atoms in total. The van der Waals surface area contributed by atoms with Crippen LogP contribution in [0, 0.1) is 10.7 Å². The fourth-order valence-electron chi connectivity index (χ4n) is 1.69. The van der Waals surface area contributed by atoms with E-state index in [9.17, 15) is 4.79 Å². The Morgan fingerprint density at radius 2 is 2.36 bits per heavy atom. The lowest BCUT2D eigenvalue weighted by molar-refractivity contribution is -0.120. The number of hydrogen-bond donors (Lipinski definition) is 1. The molecule has 0 bridgehead atoms. The van der Waals surface area contributed by atoms with Crippen molar-refractivity contribution < 1.29 is 4.79 Å². The molecule has 1 heterocycles. The van der Waals surface area contributed by atoms with Crippen molar-refractivity contribution >= 4 is 17.5 Å². The lowest BCUT2D eigenvalue weighted by Crippen LogP contribution is -2.40. The van der Waals surface area contributed by atoms with E-state index in [-0.39, 0.29) is 17.1 Å². The minimum atomic E-state index is -0.199. The van der Waals surface area contributed by atoms with Crippen LogP contribution in [-0.2, 0) is 4.79 Å². The highest BCUT2D eigenvalue weighted by atomic mass is 32.2. The number of nitriles is 1. The zero-order valence-corrected chi connectivity index (χ0v) is 9.27. The monoisotopic (exact) mass is 212 g/mol. The molecule has 1 fully saturated rings. The number of rotatable bonds is 3. The molecular formula is C10H16N2OS. The quantitative estimate of drug-likeness (QED) is 0.723. The van der Waals surface area contributed by atoms with Crippen LogP contribution >= 0.6 is 11.8 Å². The third-order valence-corrected chi connectivity index (χ3v) is 3.23. The molecule has 0 saturated carbocycles. The number of carbonyl (C=O) groups is 1. The van der Waals surface area contributed by atoms with Gasteiger partial charge in [-0.15, -0.1) is 0 Å². The Morgan fingerprint density at radius 1 is 1.57 bits per heavy atom. The zero-order chi connectivity index (χ0) is 10.4.